The molecular weight excluding hydrogens is 231 g/mol. The molecule has 0 aliphatic heterocycles. The van der Waals surface area contributed by atoms with Gasteiger partial charge in [-0.3, -0.25) is 4.79 Å². The third-order valence-electron chi connectivity index (χ3n) is 3.76. The first-order valence-electron chi connectivity index (χ1n) is 6.57. The molecule has 0 aromatic carbocycles. The summed E-state index contributed by atoms with van der Waals surface area (Å²) < 4.78 is 12.9. The van der Waals surface area contributed by atoms with Crippen LogP contribution in [-0.4, -0.2) is 17.4 Å². The maximum absolute atomic E-state index is 12.9. The lowest BCUT2D eigenvalue weighted by Gasteiger charge is -2.28. The van der Waals surface area contributed by atoms with Gasteiger partial charge >= 0.3 is 0 Å². The van der Waals surface area contributed by atoms with Crippen molar-refractivity contribution >= 4 is 5.91 Å². The molecule has 0 bridgehead atoms. The Hall–Kier alpha value is -1.45. The molecule has 1 aliphatic carbocycles. The average Bonchev–Trinajstić information content (AvgIpc) is 2.37. The maximum Gasteiger partial charge on any atom is 0.270 e. The molecule has 0 saturated heterocycles. The molecule has 0 radical (unpaired) electrons. The van der Waals surface area contributed by atoms with Crippen molar-refractivity contribution < 1.29 is 9.18 Å². The Labute approximate surface area is 107 Å². The van der Waals surface area contributed by atoms with Gasteiger partial charge in [0.25, 0.3) is 5.91 Å². The summed E-state index contributed by atoms with van der Waals surface area (Å²) in [4.78, 5) is 15.4. The number of nitrogens with zero attached hydrogens (tertiary/aromatic N) is 1. The van der Waals surface area contributed by atoms with Crippen molar-refractivity contribution in [2.24, 2.45) is 11.8 Å². The first-order valence-corrected chi connectivity index (χ1v) is 6.57. The van der Waals surface area contributed by atoms with Gasteiger partial charge in [0.15, 0.2) is 0 Å². The first-order chi connectivity index (χ1) is 8.66. The Bertz CT molecular complexity index is 422. The van der Waals surface area contributed by atoms with Gasteiger partial charge in [0.2, 0.25) is 5.95 Å². The van der Waals surface area contributed by atoms with E-state index in [-0.39, 0.29) is 11.6 Å². The fraction of sp³-hybridized carbons (Fsp3) is 0.571. The number of rotatable bonds is 3. The van der Waals surface area contributed by atoms with Crippen LogP contribution in [0.15, 0.2) is 18.2 Å². The Balaban J connectivity index is 1.88. The molecular formula is C14H19FN2O. The lowest BCUT2D eigenvalue weighted by atomic mass is 9.80. The Morgan fingerprint density at radius 1 is 1.44 bits per heavy atom. The molecule has 3 nitrogen and oxygen atoms in total. The van der Waals surface area contributed by atoms with Crippen molar-refractivity contribution in [3.63, 3.8) is 0 Å². The molecule has 1 heterocycles. The number of carbonyl (C=O) groups excluding carboxylic acids is 1. The van der Waals surface area contributed by atoms with Gasteiger partial charge in [-0.15, -0.1) is 0 Å². The van der Waals surface area contributed by atoms with Crippen molar-refractivity contribution in [2.45, 2.75) is 32.6 Å². The molecule has 1 aromatic rings. The largest absolute Gasteiger partial charge is 0.350 e. The van der Waals surface area contributed by atoms with E-state index in [1.807, 2.05) is 0 Å². The van der Waals surface area contributed by atoms with Crippen LogP contribution in [-0.2, 0) is 0 Å². The summed E-state index contributed by atoms with van der Waals surface area (Å²) in [5.74, 6) is 0.289. The van der Waals surface area contributed by atoms with E-state index in [0.717, 1.165) is 6.42 Å². The van der Waals surface area contributed by atoms with E-state index in [0.29, 0.717) is 18.4 Å². The van der Waals surface area contributed by atoms with Crippen LogP contribution in [0, 0.1) is 17.8 Å². The zero-order valence-electron chi connectivity index (χ0n) is 10.7. The predicted octanol–water partition coefficient (Wildman–Crippen LogP) is 2.78. The zero-order chi connectivity index (χ0) is 13.0. The lowest BCUT2D eigenvalue weighted by molar-refractivity contribution is 0.0930. The number of hydrogen-bond acceptors (Lipinski definition) is 2. The number of pyridine rings is 1. The molecule has 2 rings (SSSR count). The smallest absolute Gasteiger partial charge is 0.270 e. The highest BCUT2D eigenvalue weighted by Crippen LogP contribution is 2.28. The molecule has 1 N–H and O–H groups in total. The standard InChI is InChI=1S/C14H19FN2O/c1-10-5-2-3-6-11(10)9-16-14(18)12-7-4-8-13(15)17-12/h4,7-8,10-11H,2-3,5-6,9H2,1H3,(H,16,18). The monoisotopic (exact) mass is 250 g/mol. The first kappa shape index (κ1) is 13.0. The minimum absolute atomic E-state index is 0.151. The summed E-state index contributed by atoms with van der Waals surface area (Å²) in [5.41, 5.74) is 0.151. The Morgan fingerprint density at radius 2 is 2.22 bits per heavy atom. The van der Waals surface area contributed by atoms with Crippen molar-refractivity contribution in [3.8, 4) is 0 Å². The quantitative estimate of drug-likeness (QED) is 0.838. The van der Waals surface area contributed by atoms with Gasteiger partial charge < -0.3 is 5.32 Å². The number of nitrogens with one attached hydrogen (secondary N) is 1. The van der Waals surface area contributed by atoms with Gasteiger partial charge in [0, 0.05) is 6.54 Å². The summed E-state index contributed by atoms with van der Waals surface area (Å²) in [6.07, 6.45) is 4.93. The van der Waals surface area contributed by atoms with Crippen LogP contribution in [0.3, 0.4) is 0 Å². The van der Waals surface area contributed by atoms with E-state index in [9.17, 15) is 9.18 Å². The molecule has 4 heteroatoms. The zero-order valence-corrected chi connectivity index (χ0v) is 10.7. The number of aromatic nitrogens is 1. The van der Waals surface area contributed by atoms with Crippen LogP contribution in [0.4, 0.5) is 4.39 Å². The minimum atomic E-state index is -0.617. The van der Waals surface area contributed by atoms with Gasteiger partial charge in [-0.2, -0.15) is 4.39 Å². The topological polar surface area (TPSA) is 42.0 Å². The number of halogens is 1. The molecule has 1 aliphatic rings. The van der Waals surface area contributed by atoms with E-state index in [4.69, 9.17) is 0 Å². The lowest BCUT2D eigenvalue weighted by Crippen LogP contribution is -2.33. The van der Waals surface area contributed by atoms with E-state index < -0.39 is 5.95 Å². The highest BCUT2D eigenvalue weighted by Gasteiger charge is 2.21. The highest BCUT2D eigenvalue weighted by molar-refractivity contribution is 5.92. The van der Waals surface area contributed by atoms with Crippen LogP contribution < -0.4 is 5.32 Å². The summed E-state index contributed by atoms with van der Waals surface area (Å²) in [5, 5.41) is 2.86. The molecule has 2 atom stereocenters. The van der Waals surface area contributed by atoms with Crippen molar-refractivity contribution in [1.29, 1.82) is 0 Å². The second kappa shape index (κ2) is 5.94. The van der Waals surface area contributed by atoms with Crippen molar-refractivity contribution in [1.82, 2.24) is 10.3 Å². The van der Waals surface area contributed by atoms with E-state index >= 15 is 0 Å². The van der Waals surface area contributed by atoms with Crippen LogP contribution >= 0.6 is 0 Å². The third kappa shape index (κ3) is 3.28. The molecule has 1 amide bonds. The summed E-state index contributed by atoms with van der Waals surface area (Å²) in [6.45, 7) is 2.90. The van der Waals surface area contributed by atoms with Crippen molar-refractivity contribution in [3.05, 3.63) is 29.8 Å². The van der Waals surface area contributed by atoms with Gasteiger partial charge in [-0.1, -0.05) is 32.3 Å². The van der Waals surface area contributed by atoms with Gasteiger partial charge in [0.1, 0.15) is 5.69 Å². The summed E-state index contributed by atoms with van der Waals surface area (Å²) in [7, 11) is 0. The van der Waals surface area contributed by atoms with Gasteiger partial charge in [-0.25, -0.2) is 4.98 Å². The predicted molar refractivity (Wildman–Crippen MR) is 67.7 cm³/mol. The molecule has 1 fully saturated rings. The molecule has 1 saturated carbocycles. The second-order valence-corrected chi connectivity index (χ2v) is 5.08. The van der Waals surface area contributed by atoms with Gasteiger partial charge in [0.05, 0.1) is 0 Å². The molecule has 98 valence electrons. The summed E-state index contributed by atoms with van der Waals surface area (Å²) in [6, 6.07) is 4.27. The second-order valence-electron chi connectivity index (χ2n) is 5.08. The van der Waals surface area contributed by atoms with Crippen LogP contribution in [0.1, 0.15) is 43.1 Å². The highest BCUT2D eigenvalue weighted by atomic mass is 19.1. The molecule has 2 unspecified atom stereocenters. The molecule has 18 heavy (non-hydrogen) atoms. The van der Waals surface area contributed by atoms with Crippen molar-refractivity contribution in [2.75, 3.05) is 6.54 Å². The fourth-order valence-electron chi connectivity index (χ4n) is 2.55. The van der Waals surface area contributed by atoms with Crippen LogP contribution in [0.2, 0.25) is 0 Å². The van der Waals surface area contributed by atoms with E-state index in [1.54, 1.807) is 0 Å². The van der Waals surface area contributed by atoms with Crippen LogP contribution in [0.25, 0.3) is 0 Å². The molecule has 1 aromatic heterocycles. The third-order valence-corrected chi connectivity index (χ3v) is 3.76. The van der Waals surface area contributed by atoms with E-state index in [2.05, 4.69) is 17.2 Å². The van der Waals surface area contributed by atoms with Gasteiger partial charge in [-0.05, 0) is 30.4 Å². The fourth-order valence-corrected chi connectivity index (χ4v) is 2.55. The SMILES string of the molecule is CC1CCCCC1CNC(=O)c1cccc(F)n1. The normalized spacial score (nSPS) is 23.7. The average molecular weight is 250 g/mol. The van der Waals surface area contributed by atoms with E-state index in [1.165, 1.54) is 37.5 Å². The maximum atomic E-state index is 12.9. The number of carbonyl (C=O) groups is 1. The molecule has 0 spiro atoms. The summed E-state index contributed by atoms with van der Waals surface area (Å²) >= 11 is 0. The Kier molecular flexibility index (Phi) is 4.28. The number of amides is 1. The minimum Gasteiger partial charge on any atom is -0.350 e. The number of hydrogen-bond donors (Lipinski definition) is 1. The Morgan fingerprint density at radius 3 is 2.94 bits per heavy atom. The van der Waals surface area contributed by atoms with Crippen LogP contribution in [0.5, 0.6) is 0 Å².